The highest BCUT2D eigenvalue weighted by atomic mass is 16.6. The van der Waals surface area contributed by atoms with Crippen molar-refractivity contribution in [2.24, 2.45) is 10.2 Å². The first-order valence-corrected chi connectivity index (χ1v) is 6.02. The first kappa shape index (κ1) is 17.9. The average Bonchev–Trinajstić information content (AvgIpc) is 2.17. The van der Waals surface area contributed by atoms with E-state index in [1.54, 1.807) is 41.5 Å². The molecule has 0 bridgehead atoms. The molecule has 0 aliphatic rings. The van der Waals surface area contributed by atoms with Crippen molar-refractivity contribution in [2.75, 3.05) is 0 Å². The minimum atomic E-state index is -0.678. The lowest BCUT2D eigenvalue weighted by Gasteiger charge is -2.18. The molecule has 0 aromatic carbocycles. The van der Waals surface area contributed by atoms with Crippen molar-refractivity contribution < 1.29 is 19.1 Å². The number of rotatable bonds is 3. The van der Waals surface area contributed by atoms with Crippen LogP contribution in [0.5, 0.6) is 0 Å². The SMILES string of the molecule is CC(C)(C)OC(=O)N/N=C\C=N/NC(=O)OC(C)(C)C. The van der Waals surface area contributed by atoms with E-state index >= 15 is 0 Å². The minimum Gasteiger partial charge on any atom is -0.443 e. The normalized spacial score (nSPS) is 12.5. The lowest BCUT2D eigenvalue weighted by atomic mass is 10.2. The number of carbonyl (C=O) groups excluding carboxylic acids is 2. The van der Waals surface area contributed by atoms with Crippen LogP contribution in [0.3, 0.4) is 0 Å². The second-order valence-corrected chi connectivity index (χ2v) is 5.78. The van der Waals surface area contributed by atoms with Gasteiger partial charge in [0.2, 0.25) is 0 Å². The molecule has 0 aromatic heterocycles. The third-order valence-corrected chi connectivity index (χ3v) is 1.33. The number of hydrogen-bond donors (Lipinski definition) is 2. The van der Waals surface area contributed by atoms with Gasteiger partial charge < -0.3 is 9.47 Å². The summed E-state index contributed by atoms with van der Waals surface area (Å²) in [4.78, 5) is 22.3. The molecule has 2 amide bonds. The molecule has 0 fully saturated rings. The fourth-order valence-electron chi connectivity index (χ4n) is 0.848. The van der Waals surface area contributed by atoms with Crippen LogP contribution in [0.15, 0.2) is 10.2 Å². The van der Waals surface area contributed by atoms with Crippen LogP contribution in [-0.4, -0.2) is 35.8 Å². The van der Waals surface area contributed by atoms with Gasteiger partial charge in [-0.2, -0.15) is 10.2 Å². The zero-order valence-corrected chi connectivity index (χ0v) is 12.7. The van der Waals surface area contributed by atoms with Gasteiger partial charge in [-0.25, -0.2) is 20.4 Å². The Bertz CT molecular complexity index is 353. The van der Waals surface area contributed by atoms with Crippen LogP contribution in [0.2, 0.25) is 0 Å². The number of ether oxygens (including phenoxy) is 2. The fraction of sp³-hybridized carbons (Fsp3) is 0.667. The Morgan fingerprint density at radius 3 is 1.35 bits per heavy atom. The third kappa shape index (κ3) is 12.3. The lowest BCUT2D eigenvalue weighted by Crippen LogP contribution is -2.30. The summed E-state index contributed by atoms with van der Waals surface area (Å²) in [5.74, 6) is 0. The number of nitrogens with one attached hydrogen (secondary N) is 2. The molecular formula is C12H22N4O4. The Hall–Kier alpha value is -2.12. The maximum absolute atomic E-state index is 11.2. The van der Waals surface area contributed by atoms with Gasteiger partial charge in [0.1, 0.15) is 11.2 Å². The summed E-state index contributed by atoms with van der Waals surface area (Å²) < 4.78 is 9.88. The molecule has 0 spiro atoms. The van der Waals surface area contributed by atoms with Gasteiger partial charge in [-0.15, -0.1) is 0 Å². The molecule has 0 saturated heterocycles. The lowest BCUT2D eigenvalue weighted by molar-refractivity contribution is 0.0517. The molecule has 0 radical (unpaired) electrons. The van der Waals surface area contributed by atoms with Crippen LogP contribution >= 0.6 is 0 Å². The highest BCUT2D eigenvalue weighted by molar-refractivity contribution is 6.16. The highest BCUT2D eigenvalue weighted by Crippen LogP contribution is 2.06. The maximum Gasteiger partial charge on any atom is 0.428 e. The van der Waals surface area contributed by atoms with Crippen LogP contribution < -0.4 is 10.9 Å². The first-order chi connectivity index (χ1) is 8.99. The van der Waals surface area contributed by atoms with Crippen molar-refractivity contribution in [3.8, 4) is 0 Å². The number of carbonyl (C=O) groups is 2. The molecule has 114 valence electrons. The van der Waals surface area contributed by atoms with Crippen molar-refractivity contribution >= 4 is 24.6 Å². The zero-order chi connectivity index (χ0) is 15.8. The molecule has 0 saturated carbocycles. The van der Waals surface area contributed by atoms with Crippen molar-refractivity contribution in [1.29, 1.82) is 0 Å². The van der Waals surface area contributed by atoms with Crippen LogP contribution in [0, 0.1) is 0 Å². The summed E-state index contributed by atoms with van der Waals surface area (Å²) in [5.41, 5.74) is 3.09. The van der Waals surface area contributed by atoms with Crippen LogP contribution in [0.1, 0.15) is 41.5 Å². The van der Waals surface area contributed by atoms with Crippen molar-refractivity contribution in [3.05, 3.63) is 0 Å². The van der Waals surface area contributed by atoms with Gasteiger partial charge in [-0.05, 0) is 41.5 Å². The summed E-state index contributed by atoms with van der Waals surface area (Å²) in [7, 11) is 0. The summed E-state index contributed by atoms with van der Waals surface area (Å²) in [6.07, 6.45) is 1.01. The monoisotopic (exact) mass is 286 g/mol. The minimum absolute atomic E-state index is 0.591. The van der Waals surface area contributed by atoms with Gasteiger partial charge in [0.25, 0.3) is 0 Å². The van der Waals surface area contributed by atoms with E-state index < -0.39 is 23.4 Å². The van der Waals surface area contributed by atoms with Gasteiger partial charge in [0.15, 0.2) is 0 Å². The second-order valence-electron chi connectivity index (χ2n) is 5.78. The van der Waals surface area contributed by atoms with Gasteiger partial charge in [-0.1, -0.05) is 0 Å². The van der Waals surface area contributed by atoms with E-state index in [1.165, 1.54) is 12.4 Å². The molecular weight excluding hydrogens is 264 g/mol. The van der Waals surface area contributed by atoms with E-state index in [1.807, 2.05) is 0 Å². The molecule has 0 heterocycles. The van der Waals surface area contributed by atoms with E-state index in [9.17, 15) is 9.59 Å². The van der Waals surface area contributed by atoms with E-state index in [0.29, 0.717) is 0 Å². The number of amides is 2. The Kier molecular flexibility index (Phi) is 6.67. The number of nitrogens with zero attached hydrogens (tertiary/aromatic N) is 2. The molecule has 8 heteroatoms. The predicted octanol–water partition coefficient (Wildman–Crippen LogP) is 2.01. The summed E-state index contributed by atoms with van der Waals surface area (Å²) in [5, 5.41) is 7.07. The molecule has 0 rings (SSSR count). The quantitative estimate of drug-likeness (QED) is 0.612. The number of hydrogen-bond acceptors (Lipinski definition) is 6. The molecule has 0 aliphatic carbocycles. The molecule has 0 unspecified atom stereocenters. The Labute approximate surface area is 118 Å². The Balaban J connectivity index is 3.93. The van der Waals surface area contributed by atoms with Gasteiger partial charge >= 0.3 is 12.2 Å². The topological polar surface area (TPSA) is 101 Å². The maximum atomic E-state index is 11.2. The van der Waals surface area contributed by atoms with Crippen LogP contribution in [0.4, 0.5) is 9.59 Å². The van der Waals surface area contributed by atoms with Crippen molar-refractivity contribution in [2.45, 2.75) is 52.7 Å². The fourth-order valence-corrected chi connectivity index (χ4v) is 0.848. The Morgan fingerprint density at radius 1 is 0.800 bits per heavy atom. The highest BCUT2D eigenvalue weighted by Gasteiger charge is 2.15. The summed E-state index contributed by atoms with van der Waals surface area (Å²) in [6, 6.07) is 0. The smallest absolute Gasteiger partial charge is 0.428 e. The van der Waals surface area contributed by atoms with Gasteiger partial charge in [0.05, 0.1) is 12.4 Å². The Morgan fingerprint density at radius 2 is 1.10 bits per heavy atom. The van der Waals surface area contributed by atoms with Crippen molar-refractivity contribution in [1.82, 2.24) is 10.9 Å². The van der Waals surface area contributed by atoms with Crippen LogP contribution in [0.25, 0.3) is 0 Å². The predicted molar refractivity (Wildman–Crippen MR) is 75.7 cm³/mol. The second kappa shape index (κ2) is 7.46. The zero-order valence-electron chi connectivity index (χ0n) is 12.7. The number of hydrazone groups is 2. The molecule has 2 N–H and O–H groups in total. The van der Waals surface area contributed by atoms with Gasteiger partial charge in [0, 0.05) is 0 Å². The third-order valence-electron chi connectivity index (χ3n) is 1.33. The van der Waals surface area contributed by atoms with Crippen molar-refractivity contribution in [3.63, 3.8) is 0 Å². The van der Waals surface area contributed by atoms with E-state index in [-0.39, 0.29) is 0 Å². The molecule has 8 nitrogen and oxygen atoms in total. The molecule has 0 aromatic rings. The van der Waals surface area contributed by atoms with E-state index in [0.717, 1.165) is 0 Å². The molecule has 20 heavy (non-hydrogen) atoms. The molecule has 0 atom stereocenters. The summed E-state index contributed by atoms with van der Waals surface area (Å²) >= 11 is 0. The van der Waals surface area contributed by atoms with E-state index in [4.69, 9.17) is 9.47 Å². The molecule has 0 aliphatic heterocycles. The summed E-state index contributed by atoms with van der Waals surface area (Å²) in [6.45, 7) is 10.4. The van der Waals surface area contributed by atoms with Gasteiger partial charge in [-0.3, -0.25) is 0 Å². The first-order valence-electron chi connectivity index (χ1n) is 6.02. The van der Waals surface area contributed by atoms with E-state index in [2.05, 4.69) is 21.1 Å². The van der Waals surface area contributed by atoms with Crippen LogP contribution in [-0.2, 0) is 9.47 Å². The average molecular weight is 286 g/mol. The standard InChI is InChI=1S/C12H22N4O4/c1-11(2,3)19-9(17)15-13-7-8-14-16-10(18)20-12(4,5)6/h7-8H,1-6H3,(H,15,17)(H,16,18)/b13-7-,14-8-. The largest absolute Gasteiger partial charge is 0.443 e.